The predicted molar refractivity (Wildman–Crippen MR) is 102 cm³/mol. The lowest BCUT2D eigenvalue weighted by atomic mass is 9.67. The average molecular weight is 339 g/mol. The zero-order valence-electron chi connectivity index (χ0n) is 16.1. The zero-order valence-corrected chi connectivity index (χ0v) is 16.1. The highest BCUT2D eigenvalue weighted by atomic mass is 16.5. The Morgan fingerprint density at radius 1 is 1.29 bits per heavy atom. The molecule has 1 saturated carbocycles. The van der Waals surface area contributed by atoms with Crippen molar-refractivity contribution in [2.75, 3.05) is 53.5 Å². The summed E-state index contributed by atoms with van der Waals surface area (Å²) in [5.41, 5.74) is 0.428. The Bertz CT molecular complexity index is 382. The molecule has 0 radical (unpaired) electrons. The highest BCUT2D eigenvalue weighted by Gasteiger charge is 2.36. The summed E-state index contributed by atoms with van der Waals surface area (Å²) in [6, 6.07) is 0. The minimum atomic E-state index is 0.428. The van der Waals surface area contributed by atoms with E-state index in [9.17, 15) is 0 Å². The number of nitrogens with one attached hydrogen (secondary N) is 2. The van der Waals surface area contributed by atoms with Gasteiger partial charge in [0.2, 0.25) is 0 Å². The van der Waals surface area contributed by atoms with Crippen LogP contribution in [0.15, 0.2) is 4.99 Å². The number of ether oxygens (including phenoxy) is 1. The lowest BCUT2D eigenvalue weighted by Crippen LogP contribution is -2.47. The van der Waals surface area contributed by atoms with Gasteiger partial charge in [0.15, 0.2) is 5.96 Å². The second-order valence-corrected chi connectivity index (χ2v) is 7.85. The Morgan fingerprint density at radius 3 is 2.75 bits per heavy atom. The number of nitrogens with zero attached hydrogens (tertiary/aromatic N) is 2. The molecule has 1 saturated heterocycles. The maximum Gasteiger partial charge on any atom is 0.190 e. The smallest absolute Gasteiger partial charge is 0.190 e. The molecule has 0 aromatic rings. The Kier molecular flexibility index (Phi) is 8.33. The molecule has 1 aliphatic carbocycles. The molecule has 5 heteroatoms. The van der Waals surface area contributed by atoms with Gasteiger partial charge in [-0.25, -0.2) is 0 Å². The number of rotatable bonds is 9. The van der Waals surface area contributed by atoms with Crippen LogP contribution in [0.1, 0.15) is 51.9 Å². The standard InChI is InChI=1S/C19H38N4O/c1-17-7-4-12-23(15-17)13-6-11-21-18(20-2)22-16-19(8-5-9-19)10-14-24-3/h17H,4-16H2,1-3H3,(H2,20,21,22). The summed E-state index contributed by atoms with van der Waals surface area (Å²) in [7, 11) is 3.66. The van der Waals surface area contributed by atoms with Crippen LogP contribution in [0.5, 0.6) is 0 Å². The number of hydrogen-bond acceptors (Lipinski definition) is 3. The van der Waals surface area contributed by atoms with Crippen molar-refractivity contribution in [1.82, 2.24) is 15.5 Å². The summed E-state index contributed by atoms with van der Waals surface area (Å²) in [6.07, 6.45) is 9.08. The van der Waals surface area contributed by atoms with Crippen LogP contribution in [0.3, 0.4) is 0 Å². The van der Waals surface area contributed by atoms with Crippen LogP contribution < -0.4 is 10.6 Å². The van der Waals surface area contributed by atoms with Crippen molar-refractivity contribution in [2.24, 2.45) is 16.3 Å². The van der Waals surface area contributed by atoms with Gasteiger partial charge in [0, 0.05) is 40.4 Å². The number of aliphatic imine (C=N–C) groups is 1. The van der Waals surface area contributed by atoms with Crippen LogP contribution in [0.25, 0.3) is 0 Å². The molecular formula is C19H38N4O. The zero-order chi connectivity index (χ0) is 17.3. The van der Waals surface area contributed by atoms with E-state index in [0.29, 0.717) is 5.41 Å². The first-order valence-corrected chi connectivity index (χ1v) is 9.83. The molecule has 2 N–H and O–H groups in total. The number of likely N-dealkylation sites (tertiary alicyclic amines) is 1. The van der Waals surface area contributed by atoms with E-state index in [0.717, 1.165) is 38.0 Å². The summed E-state index contributed by atoms with van der Waals surface area (Å²) in [5, 5.41) is 7.01. The molecule has 2 fully saturated rings. The van der Waals surface area contributed by atoms with Gasteiger partial charge in [-0.2, -0.15) is 0 Å². The van der Waals surface area contributed by atoms with E-state index >= 15 is 0 Å². The van der Waals surface area contributed by atoms with E-state index in [1.807, 2.05) is 7.05 Å². The molecular weight excluding hydrogens is 300 g/mol. The van der Waals surface area contributed by atoms with E-state index in [-0.39, 0.29) is 0 Å². The van der Waals surface area contributed by atoms with Gasteiger partial charge in [0.1, 0.15) is 0 Å². The van der Waals surface area contributed by atoms with Gasteiger partial charge >= 0.3 is 0 Å². The Hall–Kier alpha value is -0.810. The minimum absolute atomic E-state index is 0.428. The third kappa shape index (κ3) is 6.25. The molecule has 0 amide bonds. The van der Waals surface area contributed by atoms with Crippen molar-refractivity contribution in [3.8, 4) is 0 Å². The maximum atomic E-state index is 5.27. The van der Waals surface area contributed by atoms with Crippen LogP contribution in [-0.2, 0) is 4.74 Å². The highest BCUT2D eigenvalue weighted by molar-refractivity contribution is 5.79. The number of guanidine groups is 1. The number of methoxy groups -OCH3 is 1. The van der Waals surface area contributed by atoms with E-state index in [2.05, 4.69) is 27.4 Å². The molecule has 1 heterocycles. The lowest BCUT2D eigenvalue weighted by Gasteiger charge is -2.42. The van der Waals surface area contributed by atoms with Gasteiger partial charge in [-0.15, -0.1) is 0 Å². The lowest BCUT2D eigenvalue weighted by molar-refractivity contribution is 0.0732. The van der Waals surface area contributed by atoms with Gasteiger partial charge in [-0.05, 0) is 62.9 Å². The third-order valence-corrected chi connectivity index (χ3v) is 5.79. The van der Waals surface area contributed by atoms with Crippen LogP contribution >= 0.6 is 0 Å². The summed E-state index contributed by atoms with van der Waals surface area (Å²) >= 11 is 0. The second-order valence-electron chi connectivity index (χ2n) is 7.85. The van der Waals surface area contributed by atoms with Crippen molar-refractivity contribution >= 4 is 5.96 Å². The molecule has 0 bridgehead atoms. The molecule has 2 aliphatic rings. The highest BCUT2D eigenvalue weighted by Crippen LogP contribution is 2.43. The average Bonchev–Trinajstić information content (AvgIpc) is 2.55. The van der Waals surface area contributed by atoms with Crippen LogP contribution in [-0.4, -0.2) is 64.3 Å². The first kappa shape index (κ1) is 19.5. The van der Waals surface area contributed by atoms with E-state index in [1.54, 1.807) is 7.11 Å². The monoisotopic (exact) mass is 338 g/mol. The SMILES string of the molecule is CN=C(NCCCN1CCCC(C)C1)NCC1(CCOC)CCC1. The predicted octanol–water partition coefficient (Wildman–Crippen LogP) is 2.48. The Morgan fingerprint density at radius 2 is 2.12 bits per heavy atom. The largest absolute Gasteiger partial charge is 0.385 e. The van der Waals surface area contributed by atoms with E-state index in [1.165, 1.54) is 58.2 Å². The van der Waals surface area contributed by atoms with Crippen molar-refractivity contribution in [2.45, 2.75) is 51.9 Å². The number of hydrogen-bond donors (Lipinski definition) is 2. The molecule has 140 valence electrons. The van der Waals surface area contributed by atoms with Gasteiger partial charge in [0.05, 0.1) is 0 Å². The van der Waals surface area contributed by atoms with Crippen LogP contribution in [0.2, 0.25) is 0 Å². The fourth-order valence-electron chi connectivity index (χ4n) is 4.00. The quantitative estimate of drug-likeness (QED) is 0.385. The van der Waals surface area contributed by atoms with Crippen LogP contribution in [0, 0.1) is 11.3 Å². The van der Waals surface area contributed by atoms with Crippen molar-refractivity contribution < 1.29 is 4.74 Å². The van der Waals surface area contributed by atoms with Gasteiger partial charge < -0.3 is 20.3 Å². The topological polar surface area (TPSA) is 48.9 Å². The number of piperidine rings is 1. The summed E-state index contributed by atoms with van der Waals surface area (Å²) in [4.78, 5) is 6.99. The van der Waals surface area contributed by atoms with E-state index in [4.69, 9.17) is 4.74 Å². The summed E-state index contributed by atoms with van der Waals surface area (Å²) in [5.74, 6) is 1.82. The third-order valence-electron chi connectivity index (χ3n) is 5.79. The fraction of sp³-hybridized carbons (Fsp3) is 0.947. The van der Waals surface area contributed by atoms with Crippen LogP contribution in [0.4, 0.5) is 0 Å². The molecule has 1 unspecified atom stereocenters. The molecule has 5 nitrogen and oxygen atoms in total. The van der Waals surface area contributed by atoms with Crippen molar-refractivity contribution in [3.05, 3.63) is 0 Å². The molecule has 0 spiro atoms. The summed E-state index contributed by atoms with van der Waals surface area (Å²) < 4.78 is 5.27. The van der Waals surface area contributed by atoms with Crippen molar-refractivity contribution in [3.63, 3.8) is 0 Å². The van der Waals surface area contributed by atoms with Gasteiger partial charge in [-0.3, -0.25) is 4.99 Å². The first-order chi connectivity index (χ1) is 11.7. The Labute approximate surface area is 148 Å². The van der Waals surface area contributed by atoms with E-state index < -0.39 is 0 Å². The second kappa shape index (κ2) is 10.2. The summed E-state index contributed by atoms with van der Waals surface area (Å²) in [6.45, 7) is 8.99. The molecule has 1 atom stereocenters. The first-order valence-electron chi connectivity index (χ1n) is 9.83. The Balaban J connectivity index is 1.60. The molecule has 0 aromatic heterocycles. The normalized spacial score (nSPS) is 24.5. The fourth-order valence-corrected chi connectivity index (χ4v) is 4.00. The maximum absolute atomic E-state index is 5.27. The molecule has 2 rings (SSSR count). The van der Waals surface area contributed by atoms with Gasteiger partial charge in [0.25, 0.3) is 0 Å². The molecule has 24 heavy (non-hydrogen) atoms. The van der Waals surface area contributed by atoms with Gasteiger partial charge in [-0.1, -0.05) is 13.3 Å². The minimum Gasteiger partial charge on any atom is -0.385 e. The molecule has 0 aromatic carbocycles. The molecule has 1 aliphatic heterocycles. The van der Waals surface area contributed by atoms with Crippen molar-refractivity contribution in [1.29, 1.82) is 0 Å².